The van der Waals surface area contributed by atoms with E-state index in [4.69, 9.17) is 22.1 Å². The fraction of sp³-hybridized carbons (Fsp3) is 0.350. The summed E-state index contributed by atoms with van der Waals surface area (Å²) >= 11 is 5.40. The number of carboxylic acid groups (broad SMARTS) is 1. The van der Waals surface area contributed by atoms with Gasteiger partial charge < -0.3 is 24.7 Å². The molecule has 2 aliphatic rings. The first-order chi connectivity index (χ1) is 14.0. The van der Waals surface area contributed by atoms with E-state index >= 15 is 0 Å². The Morgan fingerprint density at radius 1 is 1.14 bits per heavy atom. The molecule has 0 saturated carbocycles. The first-order valence-electron chi connectivity index (χ1n) is 9.40. The zero-order valence-electron chi connectivity index (χ0n) is 16.1. The van der Waals surface area contributed by atoms with Gasteiger partial charge in [-0.1, -0.05) is 19.1 Å². The van der Waals surface area contributed by atoms with Crippen LogP contribution in [0.3, 0.4) is 0 Å². The quantitative estimate of drug-likeness (QED) is 0.490. The van der Waals surface area contributed by atoms with Crippen molar-refractivity contribution in [1.29, 1.82) is 0 Å². The number of aliphatic hydroxyl groups is 1. The highest BCUT2D eigenvalue weighted by molar-refractivity contribution is 7.80. The van der Waals surface area contributed by atoms with E-state index in [2.05, 4.69) is 0 Å². The van der Waals surface area contributed by atoms with Gasteiger partial charge in [0.2, 0.25) is 5.88 Å². The molecule has 0 bridgehead atoms. The summed E-state index contributed by atoms with van der Waals surface area (Å²) in [5.74, 6) is -0.113. The Labute approximate surface area is 174 Å². The van der Waals surface area contributed by atoms with Crippen LogP contribution < -0.4 is 9.64 Å². The van der Waals surface area contributed by atoms with Gasteiger partial charge in [-0.25, -0.2) is 0 Å². The number of allylic oxidation sites excluding steroid dienone is 2. The number of nitrogens with zero attached hydrogens (tertiary/aromatic N) is 3. The molecule has 0 radical (unpaired) electrons. The van der Waals surface area contributed by atoms with Crippen LogP contribution in [0, 0.1) is 0 Å². The predicted molar refractivity (Wildman–Crippen MR) is 111 cm³/mol. The second kappa shape index (κ2) is 9.06. The van der Waals surface area contributed by atoms with Crippen molar-refractivity contribution < 1.29 is 24.5 Å². The van der Waals surface area contributed by atoms with Crippen LogP contribution in [-0.4, -0.2) is 63.2 Å². The highest BCUT2D eigenvalue weighted by Gasteiger charge is 2.37. The number of aliphatic carboxylic acids is 1. The molecule has 1 aromatic carbocycles. The van der Waals surface area contributed by atoms with Crippen molar-refractivity contribution in [3.8, 4) is 5.75 Å². The molecule has 2 N–H and O–H groups in total. The number of anilines is 1. The van der Waals surface area contributed by atoms with Gasteiger partial charge >= 0.3 is 5.97 Å². The number of thiocarbonyl (C=S) groups is 1. The van der Waals surface area contributed by atoms with Crippen LogP contribution in [0.15, 0.2) is 48.0 Å². The van der Waals surface area contributed by atoms with Gasteiger partial charge in [-0.2, -0.15) is 0 Å². The number of fused-ring (bicyclic) bond motifs is 1. The van der Waals surface area contributed by atoms with Crippen LogP contribution >= 0.6 is 12.2 Å². The molecule has 1 aromatic rings. The molecular formula is C20H23N3O5S. The normalized spacial score (nSPS) is 18.8. The maximum absolute atomic E-state index is 12.8. The van der Waals surface area contributed by atoms with Crippen molar-refractivity contribution in [2.45, 2.75) is 19.8 Å². The van der Waals surface area contributed by atoms with Gasteiger partial charge in [-0.15, -0.1) is 0 Å². The number of benzene rings is 1. The lowest BCUT2D eigenvalue weighted by molar-refractivity contribution is -0.136. The predicted octanol–water partition coefficient (Wildman–Crippen LogP) is 1.92. The van der Waals surface area contributed by atoms with E-state index in [0.717, 1.165) is 12.1 Å². The number of carbonyl (C=O) groups excluding carboxylic acids is 1. The average Bonchev–Trinajstić information content (AvgIpc) is 3.16. The van der Waals surface area contributed by atoms with Crippen LogP contribution in [0.5, 0.6) is 5.75 Å². The Morgan fingerprint density at radius 2 is 1.90 bits per heavy atom. The molecule has 0 aliphatic carbocycles. The van der Waals surface area contributed by atoms with Crippen molar-refractivity contribution >= 4 is 34.9 Å². The van der Waals surface area contributed by atoms with E-state index in [1.54, 1.807) is 28.0 Å². The van der Waals surface area contributed by atoms with Crippen LogP contribution in [-0.2, 0) is 9.59 Å². The largest absolute Gasteiger partial charge is 0.481 e. The number of amides is 1. The van der Waals surface area contributed by atoms with Crippen molar-refractivity contribution in [3.05, 3.63) is 48.0 Å². The fourth-order valence-electron chi connectivity index (χ4n) is 3.25. The molecule has 1 saturated heterocycles. The molecule has 1 fully saturated rings. The third kappa shape index (κ3) is 4.25. The van der Waals surface area contributed by atoms with Crippen LogP contribution in [0.1, 0.15) is 19.8 Å². The maximum Gasteiger partial charge on any atom is 0.305 e. The number of rotatable bonds is 8. The van der Waals surface area contributed by atoms with E-state index in [1.165, 1.54) is 4.90 Å². The number of para-hydroxylation sites is 2. The SMILES string of the molecule is CCCN1C(=S)N(CCO)C(=O)/C1=C\C=C1/Oc2ccccc2N1CCC(=O)O. The zero-order valence-corrected chi connectivity index (χ0v) is 16.9. The van der Waals surface area contributed by atoms with E-state index in [1.807, 2.05) is 25.1 Å². The molecule has 0 atom stereocenters. The van der Waals surface area contributed by atoms with Gasteiger partial charge in [-0.3, -0.25) is 14.5 Å². The Kier molecular flexibility index (Phi) is 6.50. The summed E-state index contributed by atoms with van der Waals surface area (Å²) in [5, 5.41) is 18.7. The van der Waals surface area contributed by atoms with Crippen molar-refractivity contribution in [2.75, 3.05) is 31.1 Å². The topological polar surface area (TPSA) is 93.6 Å². The summed E-state index contributed by atoms with van der Waals surface area (Å²) in [4.78, 5) is 28.7. The first-order valence-corrected chi connectivity index (χ1v) is 9.81. The third-order valence-electron chi connectivity index (χ3n) is 4.56. The molecule has 2 aliphatic heterocycles. The molecule has 0 unspecified atom stereocenters. The highest BCUT2D eigenvalue weighted by atomic mass is 32.1. The van der Waals surface area contributed by atoms with Crippen molar-refractivity contribution in [1.82, 2.24) is 9.80 Å². The summed E-state index contributed by atoms with van der Waals surface area (Å²) in [6.45, 7) is 2.76. The Bertz CT molecular complexity index is 883. The molecule has 8 nitrogen and oxygen atoms in total. The lowest BCUT2D eigenvalue weighted by Crippen LogP contribution is -2.35. The van der Waals surface area contributed by atoms with Gasteiger partial charge in [0.1, 0.15) is 5.70 Å². The van der Waals surface area contributed by atoms with Gasteiger partial charge in [0.05, 0.1) is 25.3 Å². The Hall–Kier alpha value is -2.91. The number of aliphatic hydroxyl groups excluding tert-OH is 1. The number of hydrogen-bond donors (Lipinski definition) is 2. The number of hydrogen-bond acceptors (Lipinski definition) is 6. The average molecular weight is 417 g/mol. The van der Waals surface area contributed by atoms with E-state index < -0.39 is 5.97 Å². The maximum atomic E-state index is 12.8. The number of carbonyl (C=O) groups is 2. The lowest BCUT2D eigenvalue weighted by atomic mass is 10.2. The zero-order chi connectivity index (χ0) is 21.0. The molecule has 0 spiro atoms. The van der Waals surface area contributed by atoms with Gasteiger partial charge in [0, 0.05) is 19.2 Å². The van der Waals surface area contributed by atoms with E-state index in [9.17, 15) is 14.7 Å². The summed E-state index contributed by atoms with van der Waals surface area (Å²) in [6, 6.07) is 7.35. The van der Waals surface area contributed by atoms with Gasteiger partial charge in [0.15, 0.2) is 10.9 Å². The highest BCUT2D eigenvalue weighted by Crippen LogP contribution is 2.38. The molecule has 3 rings (SSSR count). The van der Waals surface area contributed by atoms with Crippen LogP contribution in [0.4, 0.5) is 5.69 Å². The summed E-state index contributed by atoms with van der Waals surface area (Å²) in [5.41, 5.74) is 1.18. The summed E-state index contributed by atoms with van der Waals surface area (Å²) in [6.07, 6.45) is 4.03. The molecule has 29 heavy (non-hydrogen) atoms. The smallest absolute Gasteiger partial charge is 0.305 e. The molecular weight excluding hydrogens is 394 g/mol. The fourth-order valence-corrected chi connectivity index (χ4v) is 3.62. The number of carboxylic acids is 1. The van der Waals surface area contributed by atoms with Gasteiger partial charge in [-0.05, 0) is 36.8 Å². The summed E-state index contributed by atoms with van der Waals surface area (Å²) in [7, 11) is 0. The number of β-amino-alcohol motifs (C(OH)–C–C–N with tert-alkyl or cyclic N) is 1. The lowest BCUT2D eigenvalue weighted by Gasteiger charge is -2.19. The Balaban J connectivity index is 1.92. The van der Waals surface area contributed by atoms with Crippen molar-refractivity contribution in [3.63, 3.8) is 0 Å². The van der Waals surface area contributed by atoms with Crippen LogP contribution in [0.2, 0.25) is 0 Å². The molecule has 9 heteroatoms. The minimum Gasteiger partial charge on any atom is -0.481 e. The van der Waals surface area contributed by atoms with Gasteiger partial charge in [0.25, 0.3) is 5.91 Å². The molecule has 154 valence electrons. The second-order valence-electron chi connectivity index (χ2n) is 6.54. The minimum atomic E-state index is -0.905. The molecule has 2 heterocycles. The third-order valence-corrected chi connectivity index (χ3v) is 5.00. The molecule has 0 aromatic heterocycles. The second-order valence-corrected chi connectivity index (χ2v) is 6.90. The minimum absolute atomic E-state index is 0.0547. The van der Waals surface area contributed by atoms with E-state index in [0.29, 0.717) is 29.0 Å². The number of ether oxygens (including phenoxy) is 1. The van der Waals surface area contributed by atoms with Crippen molar-refractivity contribution in [2.24, 2.45) is 0 Å². The first kappa shape index (κ1) is 20.8. The monoisotopic (exact) mass is 417 g/mol. The molecule has 1 amide bonds. The van der Waals surface area contributed by atoms with Crippen LogP contribution in [0.25, 0.3) is 0 Å². The van der Waals surface area contributed by atoms with E-state index in [-0.39, 0.29) is 32.0 Å². The standard InChI is InChI=1S/C20H23N3O5S/c1-2-10-22-15(19(27)23(12-13-24)20(22)29)7-8-17-21(11-9-18(25)26)14-5-3-4-6-16(14)28-17/h3-8,24H,2,9-13H2,1H3,(H,25,26)/b15-7+,17-8-. The summed E-state index contributed by atoms with van der Waals surface area (Å²) < 4.78 is 5.88. The Morgan fingerprint density at radius 3 is 2.59 bits per heavy atom.